The predicted octanol–water partition coefficient (Wildman–Crippen LogP) is 2.71. The molecule has 1 heterocycles. The largest absolute Gasteiger partial charge is 0.481 e. The minimum absolute atomic E-state index is 0.0406. The summed E-state index contributed by atoms with van der Waals surface area (Å²) in [6.07, 6.45) is 1.87. The third kappa shape index (κ3) is 4.92. The smallest absolute Gasteiger partial charge is 0.303 e. The molecule has 0 saturated heterocycles. The van der Waals surface area contributed by atoms with Crippen molar-refractivity contribution >= 4 is 5.97 Å². The first-order valence-corrected chi connectivity index (χ1v) is 6.41. The normalized spacial score (nSPS) is 11.7. The molecule has 0 saturated carbocycles. The van der Waals surface area contributed by atoms with Crippen LogP contribution >= 0.6 is 0 Å². The number of carbonyl (C=O) groups is 1. The lowest BCUT2D eigenvalue weighted by atomic mass is 9.90. The van der Waals surface area contributed by atoms with E-state index in [1.54, 1.807) is 0 Å². The van der Waals surface area contributed by atoms with E-state index in [2.05, 4.69) is 19.2 Å². The van der Waals surface area contributed by atoms with E-state index < -0.39 is 5.97 Å². The molecule has 1 rings (SSSR count). The number of nitrogens with one attached hydrogen (secondary N) is 1. The zero-order valence-corrected chi connectivity index (χ0v) is 11.5. The van der Waals surface area contributed by atoms with Crippen LogP contribution in [0.25, 0.3) is 0 Å². The Kier molecular flexibility index (Phi) is 5.41. The van der Waals surface area contributed by atoms with Gasteiger partial charge in [0.05, 0.1) is 0 Å². The van der Waals surface area contributed by atoms with Crippen LogP contribution in [0.1, 0.15) is 44.6 Å². The summed E-state index contributed by atoms with van der Waals surface area (Å²) in [6.45, 7) is 7.88. The summed E-state index contributed by atoms with van der Waals surface area (Å²) >= 11 is 0. The van der Waals surface area contributed by atoms with Gasteiger partial charge in [-0.25, -0.2) is 0 Å². The Balaban J connectivity index is 2.23. The molecule has 1 aromatic rings. The van der Waals surface area contributed by atoms with Gasteiger partial charge in [-0.2, -0.15) is 0 Å². The lowest BCUT2D eigenvalue weighted by Crippen LogP contribution is -2.33. The lowest BCUT2D eigenvalue weighted by molar-refractivity contribution is -0.137. The molecule has 0 spiro atoms. The SMILES string of the molecule is Cc1ccc(C(C)(C)CNCCCCC(=O)O)o1. The minimum Gasteiger partial charge on any atom is -0.481 e. The van der Waals surface area contributed by atoms with Crippen LogP contribution in [0.3, 0.4) is 0 Å². The quantitative estimate of drug-likeness (QED) is 0.699. The summed E-state index contributed by atoms with van der Waals surface area (Å²) in [5, 5.41) is 11.9. The molecule has 0 aliphatic heterocycles. The number of hydrogen-bond donors (Lipinski definition) is 2. The first kappa shape index (κ1) is 14.8. The first-order chi connectivity index (χ1) is 8.42. The average Bonchev–Trinajstić information content (AvgIpc) is 2.70. The van der Waals surface area contributed by atoms with Crippen molar-refractivity contribution in [2.45, 2.75) is 45.4 Å². The minimum atomic E-state index is -0.721. The highest BCUT2D eigenvalue weighted by Gasteiger charge is 2.23. The van der Waals surface area contributed by atoms with E-state index in [1.807, 2.05) is 19.1 Å². The number of aryl methyl sites for hydroxylation is 1. The molecule has 0 radical (unpaired) electrons. The van der Waals surface area contributed by atoms with E-state index in [1.165, 1.54) is 0 Å². The maximum atomic E-state index is 10.3. The van der Waals surface area contributed by atoms with Crippen LogP contribution < -0.4 is 5.32 Å². The third-order valence-corrected chi connectivity index (χ3v) is 2.97. The monoisotopic (exact) mass is 253 g/mol. The predicted molar refractivity (Wildman–Crippen MR) is 70.8 cm³/mol. The highest BCUT2D eigenvalue weighted by Crippen LogP contribution is 2.24. The highest BCUT2D eigenvalue weighted by atomic mass is 16.4. The standard InChI is InChI=1S/C14H23NO3/c1-11-7-8-12(18-11)14(2,3)10-15-9-5-4-6-13(16)17/h7-8,15H,4-6,9-10H2,1-3H3,(H,16,17). The molecule has 0 bridgehead atoms. The second kappa shape index (κ2) is 6.59. The lowest BCUT2D eigenvalue weighted by Gasteiger charge is -2.22. The third-order valence-electron chi connectivity index (χ3n) is 2.97. The van der Waals surface area contributed by atoms with Gasteiger partial charge in [-0.15, -0.1) is 0 Å². The molecule has 18 heavy (non-hydrogen) atoms. The molecule has 102 valence electrons. The van der Waals surface area contributed by atoms with Crippen molar-refractivity contribution in [2.75, 3.05) is 13.1 Å². The fraction of sp³-hybridized carbons (Fsp3) is 0.643. The average molecular weight is 253 g/mol. The number of furan rings is 1. The molecule has 0 fully saturated rings. The van der Waals surface area contributed by atoms with Gasteiger partial charge >= 0.3 is 5.97 Å². The van der Waals surface area contributed by atoms with E-state index in [4.69, 9.17) is 9.52 Å². The maximum Gasteiger partial charge on any atom is 0.303 e. The Labute approximate surface area is 108 Å². The zero-order chi connectivity index (χ0) is 13.6. The van der Waals surface area contributed by atoms with E-state index in [9.17, 15) is 4.79 Å². The molecule has 0 amide bonds. The molecule has 0 atom stereocenters. The van der Waals surface area contributed by atoms with E-state index in [-0.39, 0.29) is 11.8 Å². The molecule has 0 aliphatic carbocycles. The Bertz CT molecular complexity index is 382. The topological polar surface area (TPSA) is 62.5 Å². The highest BCUT2D eigenvalue weighted by molar-refractivity contribution is 5.66. The van der Waals surface area contributed by atoms with Gasteiger partial charge in [0.15, 0.2) is 0 Å². The summed E-state index contributed by atoms with van der Waals surface area (Å²) in [5.41, 5.74) is -0.0406. The van der Waals surface area contributed by atoms with E-state index >= 15 is 0 Å². The maximum absolute atomic E-state index is 10.3. The van der Waals surface area contributed by atoms with Crippen molar-refractivity contribution in [3.63, 3.8) is 0 Å². The second-order valence-electron chi connectivity index (χ2n) is 5.32. The number of unbranched alkanes of at least 4 members (excludes halogenated alkanes) is 1. The molecular formula is C14H23NO3. The van der Waals surface area contributed by atoms with Crippen LogP contribution in [0.2, 0.25) is 0 Å². The molecule has 1 aromatic heterocycles. The van der Waals surface area contributed by atoms with Crippen LogP contribution in [-0.2, 0) is 10.2 Å². The fourth-order valence-corrected chi connectivity index (χ4v) is 1.81. The Morgan fingerprint density at radius 1 is 1.39 bits per heavy atom. The molecule has 4 nitrogen and oxygen atoms in total. The molecule has 0 unspecified atom stereocenters. The Hall–Kier alpha value is -1.29. The number of hydrogen-bond acceptors (Lipinski definition) is 3. The van der Waals surface area contributed by atoms with Crippen molar-refractivity contribution in [3.8, 4) is 0 Å². The van der Waals surface area contributed by atoms with Gasteiger partial charge in [0.1, 0.15) is 11.5 Å². The number of rotatable bonds is 8. The van der Waals surface area contributed by atoms with Gasteiger partial charge in [0, 0.05) is 18.4 Å². The van der Waals surface area contributed by atoms with Crippen LogP contribution in [0.15, 0.2) is 16.5 Å². The molecular weight excluding hydrogens is 230 g/mol. The molecule has 4 heteroatoms. The van der Waals surface area contributed by atoms with Crippen molar-refractivity contribution in [1.29, 1.82) is 0 Å². The van der Waals surface area contributed by atoms with Crippen molar-refractivity contribution in [3.05, 3.63) is 23.7 Å². The molecule has 2 N–H and O–H groups in total. The van der Waals surface area contributed by atoms with E-state index in [0.29, 0.717) is 0 Å². The number of carboxylic acids is 1. The van der Waals surface area contributed by atoms with Crippen LogP contribution in [0.4, 0.5) is 0 Å². The molecule has 0 aliphatic rings. The summed E-state index contributed by atoms with van der Waals surface area (Å²) in [4.78, 5) is 10.3. The van der Waals surface area contributed by atoms with Crippen LogP contribution in [0, 0.1) is 6.92 Å². The summed E-state index contributed by atoms with van der Waals surface area (Å²) < 4.78 is 5.64. The van der Waals surface area contributed by atoms with Gasteiger partial charge < -0.3 is 14.8 Å². The summed E-state index contributed by atoms with van der Waals surface area (Å²) in [6, 6.07) is 3.99. The van der Waals surface area contributed by atoms with Gasteiger partial charge in [0.25, 0.3) is 0 Å². The zero-order valence-electron chi connectivity index (χ0n) is 11.5. The summed E-state index contributed by atoms with van der Waals surface area (Å²) in [7, 11) is 0. The first-order valence-electron chi connectivity index (χ1n) is 6.41. The van der Waals surface area contributed by atoms with Crippen LogP contribution in [0.5, 0.6) is 0 Å². The van der Waals surface area contributed by atoms with Crippen molar-refractivity contribution in [1.82, 2.24) is 5.32 Å². The van der Waals surface area contributed by atoms with Crippen molar-refractivity contribution in [2.24, 2.45) is 0 Å². The van der Waals surface area contributed by atoms with Gasteiger partial charge in [-0.1, -0.05) is 13.8 Å². The Morgan fingerprint density at radius 3 is 2.67 bits per heavy atom. The summed E-state index contributed by atoms with van der Waals surface area (Å²) in [5.74, 6) is 1.19. The number of aliphatic carboxylic acids is 1. The van der Waals surface area contributed by atoms with E-state index in [0.717, 1.165) is 37.5 Å². The second-order valence-corrected chi connectivity index (χ2v) is 5.32. The molecule has 0 aromatic carbocycles. The number of carboxylic acid groups (broad SMARTS) is 1. The van der Waals surface area contributed by atoms with Crippen LogP contribution in [-0.4, -0.2) is 24.2 Å². The van der Waals surface area contributed by atoms with Gasteiger partial charge in [-0.05, 0) is 38.4 Å². The van der Waals surface area contributed by atoms with Gasteiger partial charge in [-0.3, -0.25) is 4.79 Å². The fourth-order valence-electron chi connectivity index (χ4n) is 1.81. The van der Waals surface area contributed by atoms with Gasteiger partial charge in [0.2, 0.25) is 0 Å². The van der Waals surface area contributed by atoms with Crippen molar-refractivity contribution < 1.29 is 14.3 Å². The Morgan fingerprint density at radius 2 is 2.11 bits per heavy atom.